The number of aliphatic hydroxyl groups excluding tert-OH is 1. The van der Waals surface area contributed by atoms with E-state index < -0.39 is 6.04 Å². The lowest BCUT2D eigenvalue weighted by Gasteiger charge is -2.34. The maximum absolute atomic E-state index is 13.3. The fraction of sp³-hybridized carbons (Fsp3) is 0.304. The number of Topliss-reactive ketones (excluding diaryl/α,β-unsaturated/α-hetero) is 1. The van der Waals surface area contributed by atoms with Gasteiger partial charge in [0.25, 0.3) is 5.91 Å². The van der Waals surface area contributed by atoms with Crippen LogP contribution in [0.15, 0.2) is 53.8 Å². The number of benzene rings is 2. The molecule has 2 heterocycles. The summed E-state index contributed by atoms with van der Waals surface area (Å²) in [7, 11) is 0. The molecule has 0 saturated heterocycles. The van der Waals surface area contributed by atoms with Crippen molar-refractivity contribution in [2.75, 3.05) is 11.7 Å². The quantitative estimate of drug-likeness (QED) is 0.825. The molecular formula is C23H21NO5. The largest absolute Gasteiger partial charge is 0.512 e. The predicted octanol–water partition coefficient (Wildman–Crippen LogP) is 4.32. The number of ether oxygens (including phenoxy) is 2. The smallest absolute Gasteiger partial charge is 0.259 e. The first-order valence-corrected chi connectivity index (χ1v) is 9.63. The predicted molar refractivity (Wildman–Crippen MR) is 106 cm³/mol. The minimum Gasteiger partial charge on any atom is -0.512 e. The van der Waals surface area contributed by atoms with Crippen LogP contribution in [0, 0.1) is 5.41 Å². The summed E-state index contributed by atoms with van der Waals surface area (Å²) in [5.74, 6) is 0.902. The van der Waals surface area contributed by atoms with Crippen LogP contribution in [0.4, 0.5) is 5.69 Å². The van der Waals surface area contributed by atoms with Crippen molar-refractivity contribution in [1.82, 2.24) is 0 Å². The Hall–Kier alpha value is -3.28. The van der Waals surface area contributed by atoms with E-state index in [0.29, 0.717) is 41.2 Å². The molecule has 6 nitrogen and oxygen atoms in total. The number of rotatable bonds is 2. The number of nitrogens with zero attached hydrogens (tertiary/aromatic N) is 1. The summed E-state index contributed by atoms with van der Waals surface area (Å²) in [6.45, 7) is 4.05. The van der Waals surface area contributed by atoms with Gasteiger partial charge in [0, 0.05) is 30.2 Å². The van der Waals surface area contributed by atoms with E-state index in [1.54, 1.807) is 35.2 Å². The third-order valence-corrected chi connectivity index (χ3v) is 5.77. The number of carbonyl (C=O) groups excluding carboxylic acids is 2. The van der Waals surface area contributed by atoms with E-state index in [9.17, 15) is 14.7 Å². The van der Waals surface area contributed by atoms with Gasteiger partial charge in [0.1, 0.15) is 5.76 Å². The van der Waals surface area contributed by atoms with E-state index in [4.69, 9.17) is 9.47 Å². The molecule has 2 aromatic rings. The third kappa shape index (κ3) is 2.70. The molecule has 2 aromatic carbocycles. The molecule has 3 aliphatic rings. The molecule has 6 heteroatoms. The molecule has 29 heavy (non-hydrogen) atoms. The molecule has 5 rings (SSSR count). The lowest BCUT2D eigenvalue weighted by molar-refractivity contribution is -0.118. The fourth-order valence-electron chi connectivity index (χ4n) is 4.51. The van der Waals surface area contributed by atoms with Gasteiger partial charge in [-0.3, -0.25) is 14.5 Å². The number of anilines is 1. The van der Waals surface area contributed by atoms with Crippen molar-refractivity contribution in [3.63, 3.8) is 0 Å². The van der Waals surface area contributed by atoms with Crippen LogP contribution in [0.25, 0.3) is 0 Å². The molecule has 2 aliphatic heterocycles. The van der Waals surface area contributed by atoms with Crippen molar-refractivity contribution in [2.45, 2.75) is 32.7 Å². The van der Waals surface area contributed by atoms with Gasteiger partial charge in [0.05, 0.1) is 11.6 Å². The van der Waals surface area contributed by atoms with Crippen LogP contribution in [0.2, 0.25) is 0 Å². The van der Waals surface area contributed by atoms with Gasteiger partial charge < -0.3 is 14.6 Å². The Labute approximate surface area is 168 Å². The van der Waals surface area contributed by atoms with E-state index in [0.717, 1.165) is 5.56 Å². The number of fused-ring (bicyclic) bond motifs is 2. The molecule has 0 saturated carbocycles. The van der Waals surface area contributed by atoms with E-state index in [1.165, 1.54) is 0 Å². The molecule has 1 aliphatic carbocycles. The van der Waals surface area contributed by atoms with Gasteiger partial charge in [-0.25, -0.2) is 0 Å². The Kier molecular flexibility index (Phi) is 3.75. The van der Waals surface area contributed by atoms with Gasteiger partial charge in [-0.05, 0) is 29.2 Å². The second kappa shape index (κ2) is 6.11. The van der Waals surface area contributed by atoms with Crippen molar-refractivity contribution in [3.05, 3.63) is 64.9 Å². The summed E-state index contributed by atoms with van der Waals surface area (Å²) in [5, 5.41) is 10.8. The van der Waals surface area contributed by atoms with Gasteiger partial charge >= 0.3 is 0 Å². The number of hydrogen-bond donors (Lipinski definition) is 1. The zero-order valence-corrected chi connectivity index (χ0v) is 16.3. The molecule has 0 radical (unpaired) electrons. The molecule has 1 N–H and O–H groups in total. The maximum Gasteiger partial charge on any atom is 0.259 e. The zero-order chi connectivity index (χ0) is 20.3. The van der Waals surface area contributed by atoms with Gasteiger partial charge in [0.15, 0.2) is 17.3 Å². The van der Waals surface area contributed by atoms with Gasteiger partial charge in [-0.15, -0.1) is 0 Å². The molecule has 1 atom stereocenters. The van der Waals surface area contributed by atoms with E-state index in [2.05, 4.69) is 0 Å². The first kappa shape index (κ1) is 17.8. The minimum atomic E-state index is -0.664. The molecule has 0 bridgehead atoms. The summed E-state index contributed by atoms with van der Waals surface area (Å²) < 4.78 is 10.8. The SMILES string of the molecule is CC1(C)CC(=O)C(C2c3ccccc3C(=O)N2c2ccc3c(c2)OCO3)=C(O)C1. The number of ketones is 1. The van der Waals surface area contributed by atoms with Crippen molar-refractivity contribution < 1.29 is 24.2 Å². The number of amides is 1. The minimum absolute atomic E-state index is 0.0616. The maximum atomic E-state index is 13.3. The number of hydrogen-bond acceptors (Lipinski definition) is 5. The van der Waals surface area contributed by atoms with Crippen LogP contribution in [-0.2, 0) is 4.79 Å². The average Bonchev–Trinajstić information content (AvgIpc) is 3.23. The second-order valence-corrected chi connectivity index (χ2v) is 8.50. The zero-order valence-electron chi connectivity index (χ0n) is 16.3. The Morgan fingerprint density at radius 2 is 1.79 bits per heavy atom. The topological polar surface area (TPSA) is 76.1 Å². The number of aliphatic hydroxyl groups is 1. The van der Waals surface area contributed by atoms with Crippen LogP contribution >= 0.6 is 0 Å². The standard InChI is InChI=1S/C23H21NO5/c1-23(2)10-16(25)20(17(26)11-23)21-14-5-3-4-6-15(14)22(27)24(21)13-7-8-18-19(9-13)29-12-28-18/h3-9,21,25H,10-12H2,1-2H3. The summed E-state index contributed by atoms with van der Waals surface area (Å²) in [5.41, 5.74) is 1.85. The lowest BCUT2D eigenvalue weighted by Crippen LogP contribution is -2.35. The second-order valence-electron chi connectivity index (χ2n) is 8.50. The lowest BCUT2D eigenvalue weighted by atomic mass is 9.74. The summed E-state index contributed by atoms with van der Waals surface area (Å²) in [6.07, 6.45) is 0.726. The first-order chi connectivity index (χ1) is 13.9. The Morgan fingerprint density at radius 1 is 1.03 bits per heavy atom. The highest BCUT2D eigenvalue weighted by Gasteiger charge is 2.46. The van der Waals surface area contributed by atoms with Gasteiger partial charge in [0.2, 0.25) is 6.79 Å². The molecule has 148 valence electrons. The third-order valence-electron chi connectivity index (χ3n) is 5.77. The summed E-state index contributed by atoms with van der Waals surface area (Å²) >= 11 is 0. The molecule has 0 fully saturated rings. The summed E-state index contributed by atoms with van der Waals surface area (Å²) in [6, 6.07) is 11.9. The van der Waals surface area contributed by atoms with Gasteiger partial charge in [-0.1, -0.05) is 32.0 Å². The van der Waals surface area contributed by atoms with Crippen LogP contribution in [-0.4, -0.2) is 23.6 Å². The fourth-order valence-corrected chi connectivity index (χ4v) is 4.51. The van der Waals surface area contributed by atoms with Gasteiger partial charge in [-0.2, -0.15) is 0 Å². The van der Waals surface area contributed by atoms with Crippen LogP contribution in [0.1, 0.15) is 48.7 Å². The van der Waals surface area contributed by atoms with E-state index in [-0.39, 0.29) is 29.7 Å². The van der Waals surface area contributed by atoms with Crippen LogP contribution < -0.4 is 14.4 Å². The monoisotopic (exact) mass is 391 g/mol. The molecule has 0 spiro atoms. The van der Waals surface area contributed by atoms with Crippen molar-refractivity contribution in [3.8, 4) is 11.5 Å². The average molecular weight is 391 g/mol. The van der Waals surface area contributed by atoms with Crippen LogP contribution in [0.3, 0.4) is 0 Å². The molecule has 1 amide bonds. The van der Waals surface area contributed by atoms with Crippen molar-refractivity contribution >= 4 is 17.4 Å². The van der Waals surface area contributed by atoms with Crippen molar-refractivity contribution in [2.24, 2.45) is 5.41 Å². The summed E-state index contributed by atoms with van der Waals surface area (Å²) in [4.78, 5) is 28.0. The van der Waals surface area contributed by atoms with E-state index >= 15 is 0 Å². The Bertz CT molecular complexity index is 1080. The van der Waals surface area contributed by atoms with Crippen molar-refractivity contribution in [1.29, 1.82) is 0 Å². The molecular weight excluding hydrogens is 370 g/mol. The Morgan fingerprint density at radius 3 is 2.59 bits per heavy atom. The normalized spacial score (nSPS) is 22.3. The highest BCUT2D eigenvalue weighted by atomic mass is 16.7. The number of allylic oxidation sites excluding steroid dienone is 1. The first-order valence-electron chi connectivity index (χ1n) is 9.63. The highest BCUT2D eigenvalue weighted by Crippen LogP contribution is 2.48. The Balaban J connectivity index is 1.68. The molecule has 0 aromatic heterocycles. The van der Waals surface area contributed by atoms with Crippen LogP contribution in [0.5, 0.6) is 11.5 Å². The van der Waals surface area contributed by atoms with E-state index in [1.807, 2.05) is 26.0 Å². The highest BCUT2D eigenvalue weighted by molar-refractivity contribution is 6.14. The molecule has 1 unspecified atom stereocenters. The number of carbonyl (C=O) groups is 2.